The van der Waals surface area contributed by atoms with Crippen molar-refractivity contribution < 1.29 is 8.42 Å². The highest BCUT2D eigenvalue weighted by Crippen LogP contribution is 2.23. The topological polar surface area (TPSA) is 96.0 Å². The minimum atomic E-state index is -3.75. The van der Waals surface area contributed by atoms with Crippen LogP contribution in [0.2, 0.25) is 0 Å². The Labute approximate surface area is 124 Å². The summed E-state index contributed by atoms with van der Waals surface area (Å²) in [5.41, 5.74) is 5.49. The first-order valence-corrected chi connectivity index (χ1v) is 8.15. The van der Waals surface area contributed by atoms with E-state index in [1.54, 1.807) is 24.3 Å². The number of sulfonamides is 1. The minimum absolute atomic E-state index is 0.104. The standard InChI is InChI=1S/C15H19N3O2S/c1-10(2)14(15(16)17)18-21(19,20)13-9-5-7-11-6-3-4-8-12(11)13/h3-10,14,18H,1-2H3,(H3,16,17). The van der Waals surface area contributed by atoms with Crippen LogP contribution < -0.4 is 10.5 Å². The fraction of sp³-hybridized carbons (Fsp3) is 0.267. The number of benzene rings is 2. The maximum atomic E-state index is 12.6. The first kappa shape index (κ1) is 15.5. The Balaban J connectivity index is 2.50. The summed E-state index contributed by atoms with van der Waals surface area (Å²) in [7, 11) is -3.75. The normalized spacial score (nSPS) is 13.5. The first-order valence-electron chi connectivity index (χ1n) is 6.67. The van der Waals surface area contributed by atoms with Gasteiger partial charge in [-0.25, -0.2) is 13.1 Å². The fourth-order valence-corrected chi connectivity index (χ4v) is 3.81. The molecule has 0 saturated carbocycles. The second kappa shape index (κ2) is 5.83. The highest BCUT2D eigenvalue weighted by molar-refractivity contribution is 7.89. The van der Waals surface area contributed by atoms with Gasteiger partial charge in [0.05, 0.1) is 10.9 Å². The molecule has 0 radical (unpaired) electrons. The maximum absolute atomic E-state index is 12.6. The molecule has 4 N–H and O–H groups in total. The largest absolute Gasteiger partial charge is 0.386 e. The van der Waals surface area contributed by atoms with E-state index in [0.29, 0.717) is 5.39 Å². The summed E-state index contributed by atoms with van der Waals surface area (Å²) in [5.74, 6) is -0.291. The van der Waals surface area contributed by atoms with Gasteiger partial charge in [0.2, 0.25) is 10.0 Å². The van der Waals surface area contributed by atoms with Gasteiger partial charge in [-0.05, 0) is 17.4 Å². The van der Waals surface area contributed by atoms with E-state index in [0.717, 1.165) is 5.39 Å². The number of nitrogens with one attached hydrogen (secondary N) is 2. The Hall–Kier alpha value is -1.92. The monoisotopic (exact) mass is 305 g/mol. The minimum Gasteiger partial charge on any atom is -0.386 e. The lowest BCUT2D eigenvalue weighted by Gasteiger charge is -2.21. The summed E-state index contributed by atoms with van der Waals surface area (Å²) in [5, 5.41) is 9.04. The van der Waals surface area contributed by atoms with E-state index in [4.69, 9.17) is 11.1 Å². The van der Waals surface area contributed by atoms with E-state index >= 15 is 0 Å². The molecule has 0 heterocycles. The molecule has 0 aliphatic carbocycles. The molecule has 0 spiro atoms. The van der Waals surface area contributed by atoms with Crippen LogP contribution in [-0.2, 0) is 10.0 Å². The van der Waals surface area contributed by atoms with Crippen LogP contribution in [0, 0.1) is 11.3 Å². The van der Waals surface area contributed by atoms with Crippen molar-refractivity contribution in [2.24, 2.45) is 11.7 Å². The van der Waals surface area contributed by atoms with Crippen LogP contribution in [0.5, 0.6) is 0 Å². The molecule has 1 atom stereocenters. The summed E-state index contributed by atoms with van der Waals surface area (Å²) in [6.45, 7) is 3.63. The smallest absolute Gasteiger partial charge is 0.241 e. The van der Waals surface area contributed by atoms with Crippen molar-refractivity contribution in [3.8, 4) is 0 Å². The van der Waals surface area contributed by atoms with Crippen molar-refractivity contribution in [1.29, 1.82) is 5.41 Å². The van der Waals surface area contributed by atoms with Crippen molar-refractivity contribution in [2.75, 3.05) is 0 Å². The molecular formula is C15H19N3O2S. The number of fused-ring (bicyclic) bond motifs is 1. The Morgan fingerprint density at radius 1 is 1.14 bits per heavy atom. The van der Waals surface area contributed by atoms with Gasteiger partial charge in [-0.15, -0.1) is 0 Å². The lowest BCUT2D eigenvalue weighted by Crippen LogP contribution is -2.47. The molecule has 5 nitrogen and oxygen atoms in total. The third-order valence-electron chi connectivity index (χ3n) is 3.32. The Morgan fingerprint density at radius 2 is 1.76 bits per heavy atom. The molecule has 21 heavy (non-hydrogen) atoms. The zero-order chi connectivity index (χ0) is 15.6. The van der Waals surface area contributed by atoms with Crippen LogP contribution in [0.25, 0.3) is 10.8 Å². The number of amidine groups is 1. The van der Waals surface area contributed by atoms with Crippen LogP contribution in [0.3, 0.4) is 0 Å². The number of hydrogen-bond donors (Lipinski definition) is 3. The molecule has 2 aromatic carbocycles. The third-order valence-corrected chi connectivity index (χ3v) is 4.82. The van der Waals surface area contributed by atoms with Crippen LogP contribution in [0.15, 0.2) is 47.4 Å². The van der Waals surface area contributed by atoms with Gasteiger partial charge in [0.15, 0.2) is 0 Å². The number of nitrogens with two attached hydrogens (primary N) is 1. The molecule has 0 aliphatic heterocycles. The zero-order valence-corrected chi connectivity index (χ0v) is 12.8. The SMILES string of the molecule is CC(C)C(NS(=O)(=O)c1cccc2ccccc12)C(=N)N. The van der Waals surface area contributed by atoms with Gasteiger partial charge in [-0.3, -0.25) is 5.41 Å². The van der Waals surface area contributed by atoms with Crippen molar-refractivity contribution in [1.82, 2.24) is 4.72 Å². The average Bonchev–Trinajstić information content (AvgIpc) is 2.43. The number of rotatable bonds is 5. The highest BCUT2D eigenvalue weighted by atomic mass is 32.2. The van der Waals surface area contributed by atoms with Crippen molar-refractivity contribution in [2.45, 2.75) is 24.8 Å². The molecule has 2 aromatic rings. The molecule has 0 amide bonds. The van der Waals surface area contributed by atoms with Crippen LogP contribution >= 0.6 is 0 Å². The van der Waals surface area contributed by atoms with E-state index in [1.165, 1.54) is 0 Å². The molecule has 0 fully saturated rings. The van der Waals surface area contributed by atoms with Crippen LogP contribution in [-0.4, -0.2) is 20.3 Å². The van der Waals surface area contributed by atoms with Gasteiger partial charge in [-0.1, -0.05) is 50.2 Å². The summed E-state index contributed by atoms with van der Waals surface area (Å²) >= 11 is 0. The summed E-state index contributed by atoms with van der Waals surface area (Å²) < 4.78 is 27.7. The first-order chi connectivity index (χ1) is 9.83. The molecule has 2 rings (SSSR count). The van der Waals surface area contributed by atoms with Gasteiger partial charge in [0.1, 0.15) is 5.84 Å². The highest BCUT2D eigenvalue weighted by Gasteiger charge is 2.25. The van der Waals surface area contributed by atoms with E-state index in [2.05, 4.69) is 4.72 Å². The second-order valence-corrected chi connectivity index (χ2v) is 6.96. The van der Waals surface area contributed by atoms with Crippen molar-refractivity contribution in [3.05, 3.63) is 42.5 Å². The molecule has 0 aliphatic rings. The van der Waals surface area contributed by atoms with Gasteiger partial charge in [0.25, 0.3) is 0 Å². The van der Waals surface area contributed by atoms with Gasteiger partial charge < -0.3 is 5.73 Å². The Bertz CT molecular complexity index is 764. The molecule has 1 unspecified atom stereocenters. The predicted octanol–water partition coefficient (Wildman–Crippen LogP) is 2.08. The van der Waals surface area contributed by atoms with Gasteiger partial charge in [0, 0.05) is 5.39 Å². The lowest BCUT2D eigenvalue weighted by molar-refractivity contribution is 0.522. The summed E-state index contributed by atoms with van der Waals surface area (Å²) in [6.07, 6.45) is 0. The molecule has 0 saturated heterocycles. The number of hydrogen-bond acceptors (Lipinski definition) is 3. The quantitative estimate of drug-likeness (QED) is 0.583. The maximum Gasteiger partial charge on any atom is 0.241 e. The molecule has 0 bridgehead atoms. The fourth-order valence-electron chi connectivity index (χ4n) is 2.22. The zero-order valence-electron chi connectivity index (χ0n) is 12.0. The van der Waals surface area contributed by atoms with E-state index in [1.807, 2.05) is 32.0 Å². The van der Waals surface area contributed by atoms with Crippen molar-refractivity contribution in [3.63, 3.8) is 0 Å². The molecular weight excluding hydrogens is 286 g/mol. The summed E-state index contributed by atoms with van der Waals surface area (Å²) in [4.78, 5) is 0.201. The van der Waals surface area contributed by atoms with Gasteiger partial charge >= 0.3 is 0 Å². The third kappa shape index (κ3) is 3.22. The summed E-state index contributed by atoms with van der Waals surface area (Å²) in [6, 6.07) is 11.7. The average molecular weight is 305 g/mol. The predicted molar refractivity (Wildman–Crippen MR) is 84.8 cm³/mol. The van der Waals surface area contributed by atoms with Gasteiger partial charge in [-0.2, -0.15) is 0 Å². The second-order valence-electron chi connectivity index (χ2n) is 5.28. The Morgan fingerprint density at radius 3 is 2.38 bits per heavy atom. The van der Waals surface area contributed by atoms with Crippen LogP contribution in [0.4, 0.5) is 0 Å². The van der Waals surface area contributed by atoms with E-state index in [9.17, 15) is 8.42 Å². The van der Waals surface area contributed by atoms with Crippen LogP contribution in [0.1, 0.15) is 13.8 Å². The molecule has 6 heteroatoms. The van der Waals surface area contributed by atoms with E-state index in [-0.39, 0.29) is 16.6 Å². The Kier molecular flexibility index (Phi) is 4.29. The molecule has 112 valence electrons. The van der Waals surface area contributed by atoms with E-state index < -0.39 is 16.1 Å². The molecule has 0 aromatic heterocycles. The lowest BCUT2D eigenvalue weighted by atomic mass is 10.1. The van der Waals surface area contributed by atoms with Crippen molar-refractivity contribution >= 4 is 26.6 Å².